The highest BCUT2D eigenvalue weighted by atomic mass is 16.6. The van der Waals surface area contributed by atoms with Crippen molar-refractivity contribution < 1.29 is 4.92 Å². The first-order chi connectivity index (χ1) is 13.6. The highest BCUT2D eigenvalue weighted by molar-refractivity contribution is 5.72. The molecule has 144 valence electrons. The third kappa shape index (κ3) is 3.78. The maximum absolute atomic E-state index is 11.8. The monoisotopic (exact) mass is 377 g/mol. The van der Waals surface area contributed by atoms with Crippen LogP contribution < -0.4 is 9.80 Å². The van der Waals surface area contributed by atoms with E-state index >= 15 is 0 Å². The molecular formula is C21H23N5O2. The van der Waals surface area contributed by atoms with E-state index < -0.39 is 4.92 Å². The Bertz CT molecular complexity index is 948. The Morgan fingerprint density at radius 2 is 1.36 bits per heavy atom. The smallest absolute Gasteiger partial charge is 0.321 e. The highest BCUT2D eigenvalue weighted by Crippen LogP contribution is 2.36. The third-order valence-corrected chi connectivity index (χ3v) is 4.48. The maximum atomic E-state index is 11.8. The summed E-state index contributed by atoms with van der Waals surface area (Å²) < 4.78 is 0. The maximum Gasteiger partial charge on any atom is 0.333 e. The van der Waals surface area contributed by atoms with Crippen LogP contribution in [-0.4, -0.2) is 28.0 Å². The lowest BCUT2D eigenvalue weighted by Gasteiger charge is -2.26. The van der Waals surface area contributed by atoms with E-state index in [1.54, 1.807) is 6.92 Å². The molecule has 1 heterocycles. The van der Waals surface area contributed by atoms with Gasteiger partial charge in [-0.15, -0.1) is 0 Å². The van der Waals surface area contributed by atoms with Gasteiger partial charge in [-0.25, -0.2) is 4.98 Å². The number of aromatic nitrogens is 2. The molecule has 1 aromatic heterocycles. The van der Waals surface area contributed by atoms with Crippen molar-refractivity contribution in [2.75, 3.05) is 22.9 Å². The number of nitrogens with zero attached hydrogens (tertiary/aromatic N) is 5. The van der Waals surface area contributed by atoms with Gasteiger partial charge in [-0.2, -0.15) is 4.98 Å². The van der Waals surface area contributed by atoms with E-state index in [0.717, 1.165) is 11.4 Å². The van der Waals surface area contributed by atoms with E-state index in [4.69, 9.17) is 0 Å². The zero-order valence-corrected chi connectivity index (χ0v) is 16.2. The second-order valence-electron chi connectivity index (χ2n) is 6.20. The number of benzene rings is 2. The number of hydrogen-bond donors (Lipinski definition) is 0. The summed E-state index contributed by atoms with van der Waals surface area (Å²) in [6.07, 6.45) is 0. The molecule has 0 amide bonds. The van der Waals surface area contributed by atoms with Crippen LogP contribution in [0.5, 0.6) is 0 Å². The van der Waals surface area contributed by atoms with Crippen LogP contribution in [0.25, 0.3) is 0 Å². The Balaban J connectivity index is 2.19. The number of para-hydroxylation sites is 2. The van der Waals surface area contributed by atoms with Gasteiger partial charge in [0.25, 0.3) is 0 Å². The molecule has 3 aromatic rings. The van der Waals surface area contributed by atoms with Gasteiger partial charge in [-0.1, -0.05) is 36.4 Å². The molecule has 0 aliphatic heterocycles. The highest BCUT2D eigenvalue weighted by Gasteiger charge is 2.28. The van der Waals surface area contributed by atoms with E-state index in [1.165, 1.54) is 0 Å². The van der Waals surface area contributed by atoms with Crippen LogP contribution in [0.2, 0.25) is 0 Å². The predicted octanol–water partition coefficient (Wildman–Crippen LogP) is 5.01. The van der Waals surface area contributed by atoms with Gasteiger partial charge in [-0.3, -0.25) is 10.1 Å². The number of nitro groups is 1. The molecule has 7 nitrogen and oxygen atoms in total. The Kier molecular flexibility index (Phi) is 5.84. The molecule has 0 saturated heterocycles. The molecule has 7 heteroatoms. The van der Waals surface area contributed by atoms with Gasteiger partial charge in [0.05, 0.1) is 4.92 Å². The van der Waals surface area contributed by atoms with E-state index in [9.17, 15) is 10.1 Å². The molecule has 0 fully saturated rings. The number of aryl methyl sites for hydroxylation is 1. The average molecular weight is 377 g/mol. The molecule has 0 atom stereocenters. The number of rotatable bonds is 7. The second-order valence-corrected chi connectivity index (χ2v) is 6.20. The molecule has 0 bridgehead atoms. The van der Waals surface area contributed by atoms with Crippen molar-refractivity contribution in [2.45, 2.75) is 20.8 Å². The third-order valence-electron chi connectivity index (χ3n) is 4.48. The fraction of sp³-hybridized carbons (Fsp3) is 0.238. The molecule has 28 heavy (non-hydrogen) atoms. The standard InChI is InChI=1S/C21H23N5O2/c1-4-24(17-12-8-6-9-13-17)20-19(26(27)28)16(3)22-21(23-20)25(5-2)18-14-10-7-11-15-18/h6-15H,4-5H2,1-3H3. The van der Waals surface area contributed by atoms with Crippen molar-refractivity contribution in [2.24, 2.45) is 0 Å². The Morgan fingerprint density at radius 1 is 0.857 bits per heavy atom. The van der Waals surface area contributed by atoms with E-state index in [0.29, 0.717) is 30.5 Å². The van der Waals surface area contributed by atoms with Gasteiger partial charge in [0.15, 0.2) is 0 Å². The van der Waals surface area contributed by atoms with Gasteiger partial charge in [0.1, 0.15) is 5.69 Å². The van der Waals surface area contributed by atoms with E-state index in [-0.39, 0.29) is 5.69 Å². The number of hydrogen-bond acceptors (Lipinski definition) is 6. The normalized spacial score (nSPS) is 10.5. The molecule has 0 N–H and O–H groups in total. The minimum absolute atomic E-state index is 0.0708. The summed E-state index contributed by atoms with van der Waals surface area (Å²) in [4.78, 5) is 24.3. The average Bonchev–Trinajstić information content (AvgIpc) is 2.70. The van der Waals surface area contributed by atoms with Crippen LogP contribution >= 0.6 is 0 Å². The van der Waals surface area contributed by atoms with Crippen molar-refractivity contribution >= 4 is 28.8 Å². The fourth-order valence-electron chi connectivity index (χ4n) is 3.17. The van der Waals surface area contributed by atoms with Crippen molar-refractivity contribution in [3.8, 4) is 0 Å². The van der Waals surface area contributed by atoms with E-state index in [2.05, 4.69) is 9.97 Å². The minimum atomic E-state index is -0.404. The van der Waals surface area contributed by atoms with Gasteiger partial charge in [0.2, 0.25) is 11.8 Å². The van der Waals surface area contributed by atoms with Crippen LogP contribution in [0.3, 0.4) is 0 Å². The predicted molar refractivity (Wildman–Crippen MR) is 112 cm³/mol. The lowest BCUT2D eigenvalue weighted by Crippen LogP contribution is -2.24. The van der Waals surface area contributed by atoms with Crippen molar-refractivity contribution in [1.29, 1.82) is 0 Å². The molecule has 0 unspecified atom stereocenters. The lowest BCUT2D eigenvalue weighted by molar-refractivity contribution is -0.385. The molecule has 3 rings (SSSR count). The zero-order valence-electron chi connectivity index (χ0n) is 16.2. The molecule has 0 aliphatic rings. The summed E-state index contributed by atoms with van der Waals surface area (Å²) in [5.41, 5.74) is 2.05. The Hall–Kier alpha value is -3.48. The summed E-state index contributed by atoms with van der Waals surface area (Å²) in [6.45, 7) is 6.78. The first-order valence-electron chi connectivity index (χ1n) is 9.25. The first-order valence-corrected chi connectivity index (χ1v) is 9.25. The van der Waals surface area contributed by atoms with Crippen LogP contribution in [0.4, 0.5) is 28.8 Å². The summed E-state index contributed by atoms with van der Waals surface area (Å²) in [5, 5.41) is 11.8. The van der Waals surface area contributed by atoms with Crippen LogP contribution in [-0.2, 0) is 0 Å². The summed E-state index contributed by atoms with van der Waals surface area (Å²) in [5.74, 6) is 0.747. The summed E-state index contributed by atoms with van der Waals surface area (Å²) in [6, 6.07) is 19.3. The minimum Gasteiger partial charge on any atom is -0.321 e. The molecule has 2 aromatic carbocycles. The van der Waals surface area contributed by atoms with Crippen LogP contribution in [0, 0.1) is 17.0 Å². The molecule has 0 aliphatic carbocycles. The molecule has 0 spiro atoms. The van der Waals surface area contributed by atoms with Gasteiger partial charge < -0.3 is 9.80 Å². The van der Waals surface area contributed by atoms with Gasteiger partial charge in [0, 0.05) is 24.5 Å². The summed E-state index contributed by atoms with van der Waals surface area (Å²) in [7, 11) is 0. The SMILES string of the molecule is CCN(c1ccccc1)c1nc(C)c([N+](=O)[O-])c(N(CC)c2ccccc2)n1. The molecule has 0 radical (unpaired) electrons. The fourth-order valence-corrected chi connectivity index (χ4v) is 3.17. The topological polar surface area (TPSA) is 75.4 Å². The van der Waals surface area contributed by atoms with Crippen molar-refractivity contribution in [1.82, 2.24) is 9.97 Å². The van der Waals surface area contributed by atoms with Crippen LogP contribution in [0.1, 0.15) is 19.5 Å². The van der Waals surface area contributed by atoms with Gasteiger partial charge in [-0.05, 0) is 45.0 Å². The van der Waals surface area contributed by atoms with Gasteiger partial charge >= 0.3 is 5.69 Å². The van der Waals surface area contributed by atoms with Crippen molar-refractivity contribution in [3.63, 3.8) is 0 Å². The Morgan fingerprint density at radius 3 is 1.82 bits per heavy atom. The lowest BCUT2D eigenvalue weighted by atomic mass is 10.2. The number of anilines is 4. The Labute approximate surface area is 164 Å². The molecule has 0 saturated carbocycles. The second kappa shape index (κ2) is 8.47. The molecular weight excluding hydrogens is 354 g/mol. The zero-order chi connectivity index (χ0) is 20.1. The quantitative estimate of drug-likeness (QED) is 0.426. The first kappa shape index (κ1) is 19.3. The van der Waals surface area contributed by atoms with Crippen LogP contribution in [0.15, 0.2) is 60.7 Å². The largest absolute Gasteiger partial charge is 0.333 e. The summed E-state index contributed by atoms with van der Waals surface area (Å²) >= 11 is 0. The van der Waals surface area contributed by atoms with Crippen molar-refractivity contribution in [3.05, 3.63) is 76.5 Å². The van der Waals surface area contributed by atoms with E-state index in [1.807, 2.05) is 84.3 Å².